The van der Waals surface area contributed by atoms with Crippen molar-refractivity contribution >= 4 is 22.4 Å². The highest BCUT2D eigenvalue weighted by Gasteiger charge is 2.15. The molecule has 1 aromatic heterocycles. The number of carbonyl (C=O) groups is 1. The molecule has 1 N–H and O–H groups in total. The summed E-state index contributed by atoms with van der Waals surface area (Å²) in [4.78, 5) is 12.0. The van der Waals surface area contributed by atoms with Gasteiger partial charge in [-0.1, -0.05) is 37.3 Å². The summed E-state index contributed by atoms with van der Waals surface area (Å²) in [5, 5.41) is 12.5. The molecule has 124 valence electrons. The van der Waals surface area contributed by atoms with E-state index in [2.05, 4.69) is 29.4 Å². The van der Waals surface area contributed by atoms with Gasteiger partial charge in [0.25, 0.3) is 5.91 Å². The number of aryl methyl sites for hydroxylation is 2. The highest BCUT2D eigenvalue weighted by atomic mass is 32.1. The second kappa shape index (κ2) is 8.06. The van der Waals surface area contributed by atoms with Gasteiger partial charge in [-0.25, -0.2) is 0 Å². The van der Waals surface area contributed by atoms with Gasteiger partial charge in [-0.3, -0.25) is 10.1 Å². The van der Waals surface area contributed by atoms with E-state index in [-0.39, 0.29) is 12.5 Å². The fourth-order valence-electron chi connectivity index (χ4n) is 2.25. The predicted molar refractivity (Wildman–Crippen MR) is 93.3 cm³/mol. The molecule has 0 unspecified atom stereocenters. The Hall–Kier alpha value is -1.95. The molecule has 6 heteroatoms. The first kappa shape index (κ1) is 17.4. The van der Waals surface area contributed by atoms with Crippen molar-refractivity contribution in [2.24, 2.45) is 0 Å². The van der Waals surface area contributed by atoms with Gasteiger partial charge in [-0.2, -0.15) is 0 Å². The van der Waals surface area contributed by atoms with Gasteiger partial charge >= 0.3 is 0 Å². The first-order valence-electron chi connectivity index (χ1n) is 7.86. The normalized spacial score (nSPS) is 10.8. The largest absolute Gasteiger partial charge is 0.483 e. The van der Waals surface area contributed by atoms with Crippen LogP contribution in [-0.2, 0) is 4.79 Å². The van der Waals surface area contributed by atoms with E-state index >= 15 is 0 Å². The minimum Gasteiger partial charge on any atom is -0.483 e. The summed E-state index contributed by atoms with van der Waals surface area (Å²) >= 11 is 1.44. The van der Waals surface area contributed by atoms with Crippen LogP contribution in [0.1, 0.15) is 48.7 Å². The highest BCUT2D eigenvalue weighted by Crippen LogP contribution is 2.28. The van der Waals surface area contributed by atoms with Crippen molar-refractivity contribution in [3.63, 3.8) is 0 Å². The first-order chi connectivity index (χ1) is 11.0. The summed E-state index contributed by atoms with van der Waals surface area (Å²) < 4.78 is 5.59. The maximum Gasteiger partial charge on any atom is 0.264 e. The van der Waals surface area contributed by atoms with Crippen molar-refractivity contribution < 1.29 is 9.53 Å². The van der Waals surface area contributed by atoms with Crippen molar-refractivity contribution in [2.45, 2.75) is 46.5 Å². The Morgan fingerprint density at radius 3 is 2.70 bits per heavy atom. The monoisotopic (exact) mass is 333 g/mol. The Kier molecular flexibility index (Phi) is 6.10. The summed E-state index contributed by atoms with van der Waals surface area (Å²) in [5.74, 6) is 0.914. The number of anilines is 1. The van der Waals surface area contributed by atoms with Crippen LogP contribution in [0.5, 0.6) is 5.75 Å². The molecule has 2 aromatic rings. The Morgan fingerprint density at radius 2 is 2.00 bits per heavy atom. The molecule has 1 heterocycles. The van der Waals surface area contributed by atoms with Crippen molar-refractivity contribution in [3.8, 4) is 5.75 Å². The molecule has 5 nitrogen and oxygen atoms in total. The van der Waals surface area contributed by atoms with Gasteiger partial charge in [0.2, 0.25) is 5.13 Å². The number of carbonyl (C=O) groups excluding carboxylic acids is 1. The lowest BCUT2D eigenvalue weighted by atomic mass is 10.1. The summed E-state index contributed by atoms with van der Waals surface area (Å²) in [6, 6.07) is 5.93. The van der Waals surface area contributed by atoms with Gasteiger partial charge in [0.15, 0.2) is 6.61 Å². The van der Waals surface area contributed by atoms with Crippen LogP contribution in [0.25, 0.3) is 0 Å². The fourth-order valence-corrected chi connectivity index (χ4v) is 3.28. The standard InChI is InChI=1S/C17H23N3O2S/c1-5-13(6-2)16-19-20-17(23-16)18-15(21)10-22-14-9-11(3)7-8-12(14)4/h7-9,13H,5-6,10H2,1-4H3,(H,18,20,21). The molecule has 0 saturated heterocycles. The molecular formula is C17H23N3O2S. The van der Waals surface area contributed by atoms with Crippen LogP contribution < -0.4 is 10.1 Å². The van der Waals surface area contributed by atoms with Crippen LogP contribution in [0, 0.1) is 13.8 Å². The average molecular weight is 333 g/mol. The predicted octanol–water partition coefficient (Wildman–Crippen LogP) is 4.08. The van der Waals surface area contributed by atoms with E-state index in [1.54, 1.807) is 0 Å². The molecule has 0 bridgehead atoms. The number of nitrogens with one attached hydrogen (secondary N) is 1. The summed E-state index contributed by atoms with van der Waals surface area (Å²) in [6.45, 7) is 8.17. The number of ether oxygens (including phenoxy) is 1. The van der Waals surface area contributed by atoms with E-state index in [1.165, 1.54) is 11.3 Å². The number of rotatable bonds is 7. The topological polar surface area (TPSA) is 64.1 Å². The number of amides is 1. The number of hydrogen-bond acceptors (Lipinski definition) is 5. The molecule has 1 amide bonds. The van der Waals surface area contributed by atoms with Gasteiger partial charge < -0.3 is 4.74 Å². The van der Waals surface area contributed by atoms with Crippen LogP contribution in [0.2, 0.25) is 0 Å². The average Bonchev–Trinajstić information content (AvgIpc) is 2.98. The minimum absolute atomic E-state index is 0.0375. The molecule has 0 aliphatic heterocycles. The van der Waals surface area contributed by atoms with Crippen molar-refractivity contribution in [1.82, 2.24) is 10.2 Å². The molecule has 0 aliphatic rings. The number of hydrogen-bond donors (Lipinski definition) is 1. The lowest BCUT2D eigenvalue weighted by molar-refractivity contribution is -0.118. The maximum absolute atomic E-state index is 12.0. The Morgan fingerprint density at radius 1 is 1.26 bits per heavy atom. The number of nitrogens with zero attached hydrogens (tertiary/aromatic N) is 2. The molecule has 0 fully saturated rings. The lowest BCUT2D eigenvalue weighted by Crippen LogP contribution is -2.20. The smallest absolute Gasteiger partial charge is 0.264 e. The second-order valence-electron chi connectivity index (χ2n) is 5.56. The summed E-state index contributed by atoms with van der Waals surface area (Å²) in [5.41, 5.74) is 2.11. The van der Waals surface area contributed by atoms with Crippen LogP contribution in [0.15, 0.2) is 18.2 Å². The maximum atomic E-state index is 12.0. The zero-order valence-corrected chi connectivity index (χ0v) is 14.9. The molecule has 0 saturated carbocycles. The van der Waals surface area contributed by atoms with Gasteiger partial charge in [0, 0.05) is 5.92 Å². The van der Waals surface area contributed by atoms with Crippen LogP contribution >= 0.6 is 11.3 Å². The Labute approximate surface area is 141 Å². The Bertz CT molecular complexity index is 666. The van der Waals surface area contributed by atoms with E-state index in [0.29, 0.717) is 11.0 Å². The van der Waals surface area contributed by atoms with Gasteiger partial charge in [0.05, 0.1) is 0 Å². The lowest BCUT2D eigenvalue weighted by Gasteiger charge is -2.09. The fraction of sp³-hybridized carbons (Fsp3) is 0.471. The SMILES string of the molecule is CCC(CC)c1nnc(NC(=O)COc2cc(C)ccc2C)s1. The van der Waals surface area contributed by atoms with Gasteiger partial charge in [0.1, 0.15) is 10.8 Å². The molecule has 1 aromatic carbocycles. The number of benzene rings is 1. The van der Waals surface area contributed by atoms with E-state index in [9.17, 15) is 4.79 Å². The van der Waals surface area contributed by atoms with Gasteiger partial charge in [-0.05, 0) is 43.9 Å². The zero-order valence-electron chi connectivity index (χ0n) is 14.0. The molecule has 0 atom stereocenters. The van der Waals surface area contributed by atoms with E-state index < -0.39 is 0 Å². The zero-order chi connectivity index (χ0) is 16.8. The van der Waals surface area contributed by atoms with Crippen LogP contribution in [0.3, 0.4) is 0 Å². The molecule has 0 aliphatic carbocycles. The molecular weight excluding hydrogens is 310 g/mol. The Balaban J connectivity index is 1.91. The van der Waals surface area contributed by atoms with Crippen molar-refractivity contribution in [3.05, 3.63) is 34.3 Å². The third-order valence-corrected chi connectivity index (χ3v) is 4.73. The molecule has 2 rings (SSSR count). The summed E-state index contributed by atoms with van der Waals surface area (Å²) in [7, 11) is 0. The third-order valence-electron chi connectivity index (χ3n) is 3.72. The molecule has 0 spiro atoms. The van der Waals surface area contributed by atoms with Crippen LogP contribution in [0.4, 0.5) is 5.13 Å². The van der Waals surface area contributed by atoms with Crippen molar-refractivity contribution in [2.75, 3.05) is 11.9 Å². The quantitative estimate of drug-likeness (QED) is 0.829. The van der Waals surface area contributed by atoms with E-state index in [0.717, 1.165) is 34.7 Å². The summed E-state index contributed by atoms with van der Waals surface area (Å²) in [6.07, 6.45) is 2.05. The molecule has 0 radical (unpaired) electrons. The van der Waals surface area contributed by atoms with Gasteiger partial charge in [-0.15, -0.1) is 10.2 Å². The first-order valence-corrected chi connectivity index (χ1v) is 8.68. The van der Waals surface area contributed by atoms with E-state index in [1.807, 2.05) is 32.0 Å². The second-order valence-corrected chi connectivity index (χ2v) is 6.57. The molecule has 23 heavy (non-hydrogen) atoms. The van der Waals surface area contributed by atoms with E-state index in [4.69, 9.17) is 4.74 Å². The van der Waals surface area contributed by atoms with Crippen molar-refractivity contribution in [1.29, 1.82) is 0 Å². The minimum atomic E-state index is -0.224. The van der Waals surface area contributed by atoms with Crippen LogP contribution in [-0.4, -0.2) is 22.7 Å². The number of aromatic nitrogens is 2. The highest BCUT2D eigenvalue weighted by molar-refractivity contribution is 7.15. The third kappa shape index (κ3) is 4.76.